The van der Waals surface area contributed by atoms with Crippen LogP contribution in [0.4, 0.5) is 0 Å². The van der Waals surface area contributed by atoms with Crippen molar-refractivity contribution in [3.05, 3.63) is 118 Å². The van der Waals surface area contributed by atoms with Crippen molar-refractivity contribution in [2.45, 2.75) is 52.2 Å². The molecule has 0 aliphatic carbocycles. The van der Waals surface area contributed by atoms with Crippen molar-refractivity contribution in [1.82, 2.24) is 30.1 Å². The second-order valence-corrected chi connectivity index (χ2v) is 9.93. The van der Waals surface area contributed by atoms with E-state index in [4.69, 9.17) is 4.74 Å². The Morgan fingerprint density at radius 2 is 1.65 bits per heavy atom. The predicted molar refractivity (Wildman–Crippen MR) is 157 cm³/mol. The molecular weight excluding hydrogens is 500 g/mol. The van der Waals surface area contributed by atoms with Gasteiger partial charge in [0.25, 0.3) is 5.56 Å². The number of pyridine rings is 1. The molecule has 0 fully saturated rings. The van der Waals surface area contributed by atoms with Gasteiger partial charge in [0.1, 0.15) is 5.75 Å². The van der Waals surface area contributed by atoms with Gasteiger partial charge in [0.2, 0.25) is 0 Å². The van der Waals surface area contributed by atoms with Gasteiger partial charge in [-0.05, 0) is 72.0 Å². The molecule has 0 saturated heterocycles. The van der Waals surface area contributed by atoms with Gasteiger partial charge < -0.3 is 9.72 Å². The van der Waals surface area contributed by atoms with Gasteiger partial charge in [-0.2, -0.15) is 0 Å². The number of aromatic amines is 1. The number of hydrogen-bond acceptors (Lipinski definition) is 6. The highest BCUT2D eigenvalue weighted by Gasteiger charge is 2.25. The number of aromatic nitrogens is 5. The summed E-state index contributed by atoms with van der Waals surface area (Å²) in [6.07, 6.45) is 2.50. The fourth-order valence-corrected chi connectivity index (χ4v) is 5.18. The molecule has 0 bridgehead atoms. The molecule has 0 unspecified atom stereocenters. The van der Waals surface area contributed by atoms with Crippen LogP contribution in [0.2, 0.25) is 0 Å². The van der Waals surface area contributed by atoms with Crippen LogP contribution in [-0.4, -0.2) is 43.2 Å². The van der Waals surface area contributed by atoms with Gasteiger partial charge in [-0.15, -0.1) is 5.10 Å². The highest BCUT2D eigenvalue weighted by molar-refractivity contribution is 5.80. The Hall–Kier alpha value is -4.30. The van der Waals surface area contributed by atoms with Crippen molar-refractivity contribution < 1.29 is 4.74 Å². The third-order valence-corrected chi connectivity index (χ3v) is 7.25. The van der Waals surface area contributed by atoms with Crippen molar-refractivity contribution in [1.29, 1.82) is 0 Å². The third kappa shape index (κ3) is 6.63. The van der Waals surface area contributed by atoms with E-state index < -0.39 is 0 Å². The molecule has 0 amide bonds. The molecule has 0 aliphatic rings. The van der Waals surface area contributed by atoms with Crippen LogP contribution >= 0.6 is 0 Å². The van der Waals surface area contributed by atoms with Gasteiger partial charge in [0.15, 0.2) is 5.82 Å². The lowest BCUT2D eigenvalue weighted by Gasteiger charge is -2.30. The number of ether oxygens (including phenoxy) is 1. The summed E-state index contributed by atoms with van der Waals surface area (Å²) in [4.78, 5) is 18.6. The first kappa shape index (κ1) is 27.3. The second kappa shape index (κ2) is 13.2. The summed E-state index contributed by atoms with van der Waals surface area (Å²) in [6.45, 7) is 6.62. The Labute approximate surface area is 234 Å². The Morgan fingerprint density at radius 3 is 2.35 bits per heavy atom. The van der Waals surface area contributed by atoms with Gasteiger partial charge in [0, 0.05) is 36.1 Å². The zero-order chi connectivity index (χ0) is 27.7. The average molecular weight is 537 g/mol. The number of H-pyrrole nitrogens is 1. The lowest BCUT2D eigenvalue weighted by atomic mass is 10.1. The van der Waals surface area contributed by atoms with Crippen molar-refractivity contribution in [3.63, 3.8) is 0 Å². The number of aryl methyl sites for hydroxylation is 2. The molecule has 5 aromatic rings. The van der Waals surface area contributed by atoms with Crippen LogP contribution in [0.3, 0.4) is 0 Å². The lowest BCUT2D eigenvalue weighted by molar-refractivity contribution is 0.171. The van der Waals surface area contributed by atoms with Crippen molar-refractivity contribution in [3.8, 4) is 5.75 Å². The Bertz CT molecular complexity index is 1570. The molecule has 2 heterocycles. The maximum Gasteiger partial charge on any atom is 0.252 e. The Morgan fingerprint density at radius 1 is 0.925 bits per heavy atom. The van der Waals surface area contributed by atoms with E-state index >= 15 is 0 Å². The van der Waals surface area contributed by atoms with Crippen LogP contribution in [0.5, 0.6) is 5.75 Å². The van der Waals surface area contributed by atoms with E-state index in [1.165, 1.54) is 11.1 Å². The Kier molecular flexibility index (Phi) is 8.98. The van der Waals surface area contributed by atoms with Gasteiger partial charge in [-0.25, -0.2) is 4.68 Å². The normalized spacial score (nSPS) is 12.2. The van der Waals surface area contributed by atoms with E-state index in [9.17, 15) is 4.79 Å². The van der Waals surface area contributed by atoms with E-state index in [1.54, 1.807) is 0 Å². The van der Waals surface area contributed by atoms with Crippen LogP contribution < -0.4 is 10.3 Å². The molecular formula is C32H36N6O2. The molecule has 0 spiro atoms. The fraction of sp³-hybridized carbons (Fsp3) is 0.312. The summed E-state index contributed by atoms with van der Waals surface area (Å²) in [7, 11) is 0. The van der Waals surface area contributed by atoms with E-state index in [0.717, 1.165) is 48.3 Å². The number of rotatable bonds is 13. The predicted octanol–water partition coefficient (Wildman–Crippen LogP) is 5.35. The summed E-state index contributed by atoms with van der Waals surface area (Å²) in [5.74, 6) is 1.61. The second-order valence-electron chi connectivity index (χ2n) is 9.93. The van der Waals surface area contributed by atoms with Crippen molar-refractivity contribution in [2.24, 2.45) is 0 Å². The first-order valence-corrected chi connectivity index (χ1v) is 14.0. The minimum Gasteiger partial charge on any atom is -0.494 e. The van der Waals surface area contributed by atoms with Gasteiger partial charge in [-0.1, -0.05) is 67.6 Å². The fourth-order valence-electron chi connectivity index (χ4n) is 5.18. The molecule has 0 radical (unpaired) electrons. The summed E-state index contributed by atoms with van der Waals surface area (Å²) < 4.78 is 7.61. The van der Waals surface area contributed by atoms with E-state index in [-0.39, 0.29) is 11.6 Å². The maximum atomic E-state index is 13.2. The first-order chi connectivity index (χ1) is 19.6. The van der Waals surface area contributed by atoms with Crippen LogP contribution in [0, 0.1) is 0 Å². The quantitative estimate of drug-likeness (QED) is 0.218. The smallest absolute Gasteiger partial charge is 0.252 e. The Balaban J connectivity index is 1.44. The summed E-state index contributed by atoms with van der Waals surface area (Å²) in [5.41, 5.74) is 3.91. The molecule has 206 valence electrons. The molecule has 3 aromatic carbocycles. The van der Waals surface area contributed by atoms with Gasteiger partial charge in [-0.3, -0.25) is 9.69 Å². The van der Waals surface area contributed by atoms with Gasteiger partial charge in [0.05, 0.1) is 12.6 Å². The van der Waals surface area contributed by atoms with Crippen molar-refractivity contribution >= 4 is 10.9 Å². The molecule has 1 N–H and O–H groups in total. The van der Waals surface area contributed by atoms with Crippen LogP contribution in [-0.2, 0) is 25.9 Å². The molecule has 8 heteroatoms. The number of benzene rings is 3. The number of tetrazole rings is 1. The number of nitrogens with zero attached hydrogens (tertiary/aromatic N) is 5. The third-order valence-electron chi connectivity index (χ3n) is 7.25. The van der Waals surface area contributed by atoms with E-state index in [2.05, 4.69) is 80.9 Å². The minimum absolute atomic E-state index is 0.0562. The molecule has 5 rings (SSSR count). The number of fused-ring (bicyclic) bond motifs is 1. The summed E-state index contributed by atoms with van der Waals surface area (Å²) in [6, 6.07) is 28.5. The maximum absolute atomic E-state index is 13.2. The van der Waals surface area contributed by atoms with Crippen LogP contribution in [0.1, 0.15) is 48.8 Å². The summed E-state index contributed by atoms with van der Waals surface area (Å²) in [5, 5.41) is 13.8. The molecule has 0 aliphatic heterocycles. The average Bonchev–Trinajstić information content (AvgIpc) is 3.45. The number of nitrogens with one attached hydrogen (secondary N) is 1. The van der Waals surface area contributed by atoms with Gasteiger partial charge >= 0.3 is 0 Å². The highest BCUT2D eigenvalue weighted by Crippen LogP contribution is 2.26. The largest absolute Gasteiger partial charge is 0.494 e. The molecule has 40 heavy (non-hydrogen) atoms. The van der Waals surface area contributed by atoms with Crippen molar-refractivity contribution in [2.75, 3.05) is 13.2 Å². The van der Waals surface area contributed by atoms with Crippen LogP contribution in [0.25, 0.3) is 10.9 Å². The zero-order valence-electron chi connectivity index (χ0n) is 23.2. The monoisotopic (exact) mass is 536 g/mol. The minimum atomic E-state index is -0.0834. The molecule has 0 saturated carbocycles. The van der Waals surface area contributed by atoms with E-state index in [1.807, 2.05) is 48.0 Å². The molecule has 8 nitrogen and oxygen atoms in total. The SMILES string of the molecule is CCOc1ccc2[nH]c(=O)c(CN(CCc3ccccc3)[C@@H](CC)c3nnnn3CCc3ccccc3)cc2c1. The lowest BCUT2D eigenvalue weighted by Crippen LogP contribution is -2.34. The van der Waals surface area contributed by atoms with Crippen LogP contribution in [0.15, 0.2) is 89.7 Å². The van der Waals surface area contributed by atoms with E-state index in [0.29, 0.717) is 25.3 Å². The highest BCUT2D eigenvalue weighted by atomic mass is 16.5. The topological polar surface area (TPSA) is 88.9 Å². The molecule has 2 aromatic heterocycles. The zero-order valence-corrected chi connectivity index (χ0v) is 23.2. The molecule has 1 atom stereocenters. The number of hydrogen-bond donors (Lipinski definition) is 1. The summed E-state index contributed by atoms with van der Waals surface area (Å²) >= 11 is 0. The standard InChI is InChI=1S/C32H36N6O2/c1-3-30(31-34-35-36-38(31)20-18-25-13-9-6-10-14-25)37(19-17-24-11-7-5-8-12-24)23-27-21-26-22-28(40-4-2)15-16-29(26)33-32(27)39/h5-16,21-22,30H,3-4,17-20,23H2,1-2H3,(H,33,39)/t30-/m0/s1. The first-order valence-electron chi connectivity index (χ1n) is 14.0.